The lowest BCUT2D eigenvalue weighted by molar-refractivity contribution is -0.384. The van der Waals surface area contributed by atoms with Crippen LogP contribution in [-0.4, -0.2) is 29.4 Å². The van der Waals surface area contributed by atoms with Crippen LogP contribution in [-0.2, 0) is 0 Å². The molecule has 1 unspecified atom stereocenters. The van der Waals surface area contributed by atoms with Gasteiger partial charge in [-0.05, 0) is 43.7 Å². The van der Waals surface area contributed by atoms with E-state index in [-0.39, 0.29) is 17.6 Å². The highest BCUT2D eigenvalue weighted by molar-refractivity contribution is 5.94. The summed E-state index contributed by atoms with van der Waals surface area (Å²) in [6, 6.07) is 13.1. The quantitative estimate of drug-likeness (QED) is 0.597. The highest BCUT2D eigenvalue weighted by Gasteiger charge is 2.22. The van der Waals surface area contributed by atoms with Crippen molar-refractivity contribution in [1.82, 2.24) is 4.90 Å². The number of amides is 1. The Labute approximate surface area is 140 Å². The number of nitro benzene ring substituents is 1. The fraction of sp³-hybridized carbons (Fsp3) is 0.278. The van der Waals surface area contributed by atoms with Crippen LogP contribution in [0, 0.1) is 10.1 Å². The molecule has 0 spiro atoms. The van der Waals surface area contributed by atoms with Crippen molar-refractivity contribution in [2.45, 2.75) is 19.9 Å². The predicted molar refractivity (Wildman–Crippen MR) is 91.2 cm³/mol. The first-order valence-electron chi connectivity index (χ1n) is 7.67. The maximum Gasteiger partial charge on any atom is 0.269 e. The van der Waals surface area contributed by atoms with Crippen molar-refractivity contribution in [2.75, 3.05) is 13.7 Å². The molecule has 1 atom stereocenters. The van der Waals surface area contributed by atoms with Crippen LogP contribution in [0.15, 0.2) is 48.5 Å². The third-order valence-electron chi connectivity index (χ3n) is 3.97. The summed E-state index contributed by atoms with van der Waals surface area (Å²) in [6.07, 6.45) is 0. The van der Waals surface area contributed by atoms with Crippen LogP contribution >= 0.6 is 0 Å². The summed E-state index contributed by atoms with van der Waals surface area (Å²) < 4.78 is 5.23. The van der Waals surface area contributed by atoms with Crippen LogP contribution in [0.3, 0.4) is 0 Å². The van der Waals surface area contributed by atoms with E-state index in [2.05, 4.69) is 0 Å². The largest absolute Gasteiger partial charge is 0.497 e. The molecule has 0 bridgehead atoms. The van der Waals surface area contributed by atoms with Crippen molar-refractivity contribution in [2.24, 2.45) is 0 Å². The van der Waals surface area contributed by atoms with Crippen LogP contribution in [0.5, 0.6) is 5.75 Å². The van der Waals surface area contributed by atoms with Gasteiger partial charge in [0, 0.05) is 24.2 Å². The first-order valence-corrected chi connectivity index (χ1v) is 7.67. The fourth-order valence-corrected chi connectivity index (χ4v) is 2.57. The van der Waals surface area contributed by atoms with Crippen LogP contribution in [0.25, 0.3) is 0 Å². The van der Waals surface area contributed by atoms with E-state index in [0.29, 0.717) is 12.1 Å². The molecule has 0 fully saturated rings. The van der Waals surface area contributed by atoms with Crippen LogP contribution in [0.1, 0.15) is 35.8 Å². The second-order valence-corrected chi connectivity index (χ2v) is 5.35. The van der Waals surface area contributed by atoms with E-state index in [1.54, 1.807) is 12.0 Å². The number of carbonyl (C=O) groups excluding carboxylic acids is 1. The SMILES string of the molecule is CCN(C(=O)c1ccc([N+](=O)[O-])cc1)C(C)c1cccc(OC)c1. The van der Waals surface area contributed by atoms with E-state index in [9.17, 15) is 14.9 Å². The zero-order valence-electron chi connectivity index (χ0n) is 13.9. The lowest BCUT2D eigenvalue weighted by atomic mass is 10.0. The number of non-ortho nitro benzene ring substituents is 1. The van der Waals surface area contributed by atoms with Gasteiger partial charge in [0.05, 0.1) is 18.1 Å². The van der Waals surface area contributed by atoms with Crippen molar-refractivity contribution in [3.63, 3.8) is 0 Å². The van der Waals surface area contributed by atoms with Gasteiger partial charge in [0.15, 0.2) is 0 Å². The molecular weight excluding hydrogens is 308 g/mol. The molecule has 0 aromatic heterocycles. The average Bonchev–Trinajstić information content (AvgIpc) is 2.62. The minimum Gasteiger partial charge on any atom is -0.497 e. The topological polar surface area (TPSA) is 72.7 Å². The molecule has 1 amide bonds. The van der Waals surface area contributed by atoms with Gasteiger partial charge in [0.25, 0.3) is 11.6 Å². The molecule has 0 radical (unpaired) electrons. The molecular formula is C18H20N2O4. The Morgan fingerprint density at radius 2 is 1.92 bits per heavy atom. The molecule has 0 heterocycles. The van der Waals surface area contributed by atoms with Gasteiger partial charge in [-0.1, -0.05) is 12.1 Å². The highest BCUT2D eigenvalue weighted by Crippen LogP contribution is 2.25. The third kappa shape index (κ3) is 3.71. The number of nitro groups is 1. The van der Waals surface area contributed by atoms with Gasteiger partial charge >= 0.3 is 0 Å². The molecule has 0 saturated heterocycles. The van der Waals surface area contributed by atoms with Crippen molar-refractivity contribution in [3.05, 3.63) is 69.8 Å². The van der Waals surface area contributed by atoms with Crippen LogP contribution in [0.4, 0.5) is 5.69 Å². The zero-order chi connectivity index (χ0) is 17.7. The summed E-state index contributed by atoms with van der Waals surface area (Å²) in [7, 11) is 1.60. The van der Waals surface area contributed by atoms with Gasteiger partial charge in [-0.25, -0.2) is 0 Å². The number of nitrogens with zero attached hydrogens (tertiary/aromatic N) is 2. The highest BCUT2D eigenvalue weighted by atomic mass is 16.6. The minimum absolute atomic E-state index is 0.0320. The fourth-order valence-electron chi connectivity index (χ4n) is 2.57. The first kappa shape index (κ1) is 17.5. The molecule has 6 heteroatoms. The van der Waals surface area contributed by atoms with Gasteiger partial charge in [-0.15, -0.1) is 0 Å². The van der Waals surface area contributed by atoms with E-state index in [1.165, 1.54) is 24.3 Å². The molecule has 6 nitrogen and oxygen atoms in total. The Bertz CT molecular complexity index is 728. The molecule has 24 heavy (non-hydrogen) atoms. The van der Waals surface area contributed by atoms with Crippen molar-refractivity contribution >= 4 is 11.6 Å². The third-order valence-corrected chi connectivity index (χ3v) is 3.97. The summed E-state index contributed by atoms with van der Waals surface area (Å²) in [5.74, 6) is 0.570. The number of benzene rings is 2. The average molecular weight is 328 g/mol. The zero-order valence-corrected chi connectivity index (χ0v) is 13.9. The molecule has 2 rings (SSSR count). The van der Waals surface area contributed by atoms with Gasteiger partial charge in [0.1, 0.15) is 5.75 Å². The maximum absolute atomic E-state index is 12.8. The van der Waals surface area contributed by atoms with Crippen molar-refractivity contribution < 1.29 is 14.5 Å². The number of hydrogen-bond acceptors (Lipinski definition) is 4. The molecule has 0 aliphatic carbocycles. The first-order chi connectivity index (χ1) is 11.5. The summed E-state index contributed by atoms with van der Waals surface area (Å²) in [5.41, 5.74) is 1.36. The van der Waals surface area contributed by atoms with Gasteiger partial charge in [0.2, 0.25) is 0 Å². The minimum atomic E-state index is -0.481. The Balaban J connectivity index is 2.25. The molecule has 0 saturated carbocycles. The Morgan fingerprint density at radius 3 is 2.46 bits per heavy atom. The normalized spacial score (nSPS) is 11.6. The summed E-state index contributed by atoms with van der Waals surface area (Å²) >= 11 is 0. The van der Waals surface area contributed by atoms with Crippen LogP contribution < -0.4 is 4.74 Å². The standard InChI is InChI=1S/C18H20N2O4/c1-4-19(13(2)15-6-5-7-17(12-15)24-3)18(21)14-8-10-16(11-9-14)20(22)23/h5-13H,4H2,1-3H3. The van der Waals surface area contributed by atoms with Gasteiger partial charge < -0.3 is 9.64 Å². The predicted octanol–water partition coefficient (Wildman–Crippen LogP) is 3.83. The number of methoxy groups -OCH3 is 1. The second kappa shape index (κ2) is 7.59. The van der Waals surface area contributed by atoms with E-state index in [0.717, 1.165) is 11.3 Å². The number of rotatable bonds is 6. The van der Waals surface area contributed by atoms with E-state index in [1.807, 2.05) is 38.1 Å². The molecule has 2 aromatic carbocycles. The van der Waals surface area contributed by atoms with Crippen LogP contribution in [0.2, 0.25) is 0 Å². The Hall–Kier alpha value is -2.89. The summed E-state index contributed by atoms with van der Waals surface area (Å²) in [5, 5.41) is 10.7. The van der Waals surface area contributed by atoms with Gasteiger partial charge in [-0.2, -0.15) is 0 Å². The van der Waals surface area contributed by atoms with E-state index >= 15 is 0 Å². The lowest BCUT2D eigenvalue weighted by Gasteiger charge is -2.28. The Kier molecular flexibility index (Phi) is 5.52. The summed E-state index contributed by atoms with van der Waals surface area (Å²) in [6.45, 7) is 4.37. The van der Waals surface area contributed by atoms with Crippen molar-refractivity contribution in [1.29, 1.82) is 0 Å². The number of hydrogen-bond donors (Lipinski definition) is 0. The molecule has 126 valence electrons. The maximum atomic E-state index is 12.8. The van der Waals surface area contributed by atoms with E-state index in [4.69, 9.17) is 4.74 Å². The van der Waals surface area contributed by atoms with E-state index < -0.39 is 4.92 Å². The number of ether oxygens (including phenoxy) is 1. The van der Waals surface area contributed by atoms with Crippen molar-refractivity contribution in [3.8, 4) is 5.75 Å². The summed E-state index contributed by atoms with van der Waals surface area (Å²) in [4.78, 5) is 24.7. The molecule has 0 aliphatic rings. The van der Waals surface area contributed by atoms with Gasteiger partial charge in [-0.3, -0.25) is 14.9 Å². The molecule has 0 aliphatic heterocycles. The lowest BCUT2D eigenvalue weighted by Crippen LogP contribution is -2.33. The second-order valence-electron chi connectivity index (χ2n) is 5.35. The Morgan fingerprint density at radius 1 is 1.25 bits per heavy atom. The molecule has 2 aromatic rings. The number of carbonyl (C=O) groups is 1. The monoisotopic (exact) mass is 328 g/mol. The molecule has 0 N–H and O–H groups in total. The smallest absolute Gasteiger partial charge is 0.269 e.